The van der Waals surface area contributed by atoms with E-state index in [0.717, 1.165) is 16.9 Å². The van der Waals surface area contributed by atoms with Gasteiger partial charge in [-0.15, -0.1) is 0 Å². The molecule has 0 aromatic heterocycles. The van der Waals surface area contributed by atoms with Crippen molar-refractivity contribution >= 4 is 15.4 Å². The predicted octanol–water partition coefficient (Wildman–Crippen LogP) is 3.67. The van der Waals surface area contributed by atoms with Crippen molar-refractivity contribution in [3.63, 3.8) is 0 Å². The number of ether oxygens (including phenoxy) is 2. The Balaban J connectivity index is 2.38. The minimum absolute atomic E-state index is 0.0605. The van der Waals surface area contributed by atoms with Crippen LogP contribution in [-0.2, 0) is 19.3 Å². The zero-order valence-corrected chi connectivity index (χ0v) is 15.6. The number of rotatable bonds is 4. The van der Waals surface area contributed by atoms with Gasteiger partial charge in [-0.1, -0.05) is 32.9 Å². The van der Waals surface area contributed by atoms with E-state index in [2.05, 4.69) is 20.8 Å². The summed E-state index contributed by atoms with van der Waals surface area (Å²) in [6, 6.07) is 6.91. The van der Waals surface area contributed by atoms with Crippen molar-refractivity contribution < 1.29 is 17.9 Å². The second kappa shape index (κ2) is 5.95. The normalized spacial score (nSPS) is 18.3. The standard InChI is InChI=1S/C18H26O4S/c1-17(2,3)12-21-15-11-22-18(4,5)16(15)13-7-9-14(10-8-13)23(6,19)20/h7-10H,11-12H2,1-6H3. The van der Waals surface area contributed by atoms with Crippen LogP contribution in [0.15, 0.2) is 34.9 Å². The summed E-state index contributed by atoms with van der Waals surface area (Å²) in [4.78, 5) is 0.315. The molecule has 0 aliphatic carbocycles. The van der Waals surface area contributed by atoms with Crippen LogP contribution < -0.4 is 0 Å². The topological polar surface area (TPSA) is 52.6 Å². The van der Waals surface area contributed by atoms with Crippen LogP contribution >= 0.6 is 0 Å². The van der Waals surface area contributed by atoms with Crippen LogP contribution in [0.2, 0.25) is 0 Å². The Kier molecular flexibility index (Phi) is 4.66. The predicted molar refractivity (Wildman–Crippen MR) is 91.9 cm³/mol. The SMILES string of the molecule is CC(C)(C)COC1=C(c2ccc(S(C)(=O)=O)cc2)C(C)(C)OC1. The van der Waals surface area contributed by atoms with Crippen LogP contribution in [0.25, 0.3) is 5.57 Å². The maximum Gasteiger partial charge on any atom is 0.175 e. The van der Waals surface area contributed by atoms with Crippen LogP contribution in [0.1, 0.15) is 40.2 Å². The summed E-state index contributed by atoms with van der Waals surface area (Å²) in [7, 11) is -3.19. The molecule has 1 aromatic carbocycles. The molecule has 0 spiro atoms. The van der Waals surface area contributed by atoms with E-state index in [-0.39, 0.29) is 5.41 Å². The lowest BCUT2D eigenvalue weighted by atomic mass is 9.91. The Morgan fingerprint density at radius 3 is 2.22 bits per heavy atom. The fourth-order valence-corrected chi connectivity index (χ4v) is 3.15. The van der Waals surface area contributed by atoms with Crippen molar-refractivity contribution in [1.82, 2.24) is 0 Å². The molecule has 1 heterocycles. The van der Waals surface area contributed by atoms with Crippen molar-refractivity contribution in [3.8, 4) is 0 Å². The highest BCUT2D eigenvalue weighted by atomic mass is 32.2. The molecule has 1 aromatic rings. The van der Waals surface area contributed by atoms with Gasteiger partial charge in [-0.3, -0.25) is 0 Å². The van der Waals surface area contributed by atoms with E-state index in [1.807, 2.05) is 26.0 Å². The van der Waals surface area contributed by atoms with Gasteiger partial charge < -0.3 is 9.47 Å². The first-order valence-corrected chi connectivity index (χ1v) is 9.60. The molecule has 0 bridgehead atoms. The molecule has 0 saturated heterocycles. The van der Waals surface area contributed by atoms with Crippen LogP contribution in [0.4, 0.5) is 0 Å². The summed E-state index contributed by atoms with van der Waals surface area (Å²) in [6.45, 7) is 11.4. The van der Waals surface area contributed by atoms with Crippen LogP contribution in [0.3, 0.4) is 0 Å². The highest BCUT2D eigenvalue weighted by Crippen LogP contribution is 2.39. The Morgan fingerprint density at radius 1 is 1.17 bits per heavy atom. The van der Waals surface area contributed by atoms with Gasteiger partial charge in [0.05, 0.1) is 17.1 Å². The lowest BCUT2D eigenvalue weighted by Crippen LogP contribution is -2.21. The average Bonchev–Trinajstić information content (AvgIpc) is 2.70. The maximum absolute atomic E-state index is 11.6. The van der Waals surface area contributed by atoms with E-state index in [1.165, 1.54) is 6.26 Å². The zero-order chi connectivity index (χ0) is 17.5. The van der Waals surface area contributed by atoms with E-state index in [9.17, 15) is 8.42 Å². The minimum Gasteiger partial charge on any atom is -0.495 e. The van der Waals surface area contributed by atoms with Gasteiger partial charge in [0.25, 0.3) is 0 Å². The molecule has 2 rings (SSSR count). The Bertz CT molecular complexity index is 704. The van der Waals surface area contributed by atoms with Gasteiger partial charge in [0, 0.05) is 11.8 Å². The fourth-order valence-electron chi connectivity index (χ4n) is 2.52. The van der Waals surface area contributed by atoms with Crippen molar-refractivity contribution in [1.29, 1.82) is 0 Å². The molecule has 0 fully saturated rings. The second-order valence-corrected chi connectivity index (χ2v) is 9.76. The number of hydrogen-bond acceptors (Lipinski definition) is 4. The molecule has 0 N–H and O–H groups in total. The van der Waals surface area contributed by atoms with Crippen molar-refractivity contribution in [2.45, 2.75) is 45.1 Å². The minimum atomic E-state index is -3.19. The number of sulfone groups is 1. The van der Waals surface area contributed by atoms with E-state index in [1.54, 1.807) is 12.1 Å². The van der Waals surface area contributed by atoms with Gasteiger partial charge in [-0.25, -0.2) is 8.42 Å². The van der Waals surface area contributed by atoms with Gasteiger partial charge in [0.2, 0.25) is 0 Å². The van der Waals surface area contributed by atoms with Crippen molar-refractivity contribution in [3.05, 3.63) is 35.6 Å². The molecule has 23 heavy (non-hydrogen) atoms. The average molecular weight is 338 g/mol. The zero-order valence-electron chi connectivity index (χ0n) is 14.8. The van der Waals surface area contributed by atoms with Crippen molar-refractivity contribution in [2.24, 2.45) is 5.41 Å². The monoisotopic (exact) mass is 338 g/mol. The third-order valence-electron chi connectivity index (χ3n) is 3.70. The summed E-state index contributed by atoms with van der Waals surface area (Å²) in [6.07, 6.45) is 1.21. The molecule has 128 valence electrons. The second-order valence-electron chi connectivity index (χ2n) is 7.74. The van der Waals surface area contributed by atoms with Crippen LogP contribution in [0.5, 0.6) is 0 Å². The summed E-state index contributed by atoms with van der Waals surface area (Å²) in [5, 5.41) is 0. The van der Waals surface area contributed by atoms with E-state index >= 15 is 0 Å². The first-order valence-electron chi connectivity index (χ1n) is 7.71. The molecule has 0 amide bonds. The molecule has 0 saturated carbocycles. The third-order valence-corrected chi connectivity index (χ3v) is 4.82. The molecule has 0 unspecified atom stereocenters. The van der Waals surface area contributed by atoms with Gasteiger partial charge in [-0.2, -0.15) is 0 Å². The summed E-state index contributed by atoms with van der Waals surface area (Å²) >= 11 is 0. The summed E-state index contributed by atoms with van der Waals surface area (Å²) in [5.41, 5.74) is 1.52. The summed E-state index contributed by atoms with van der Waals surface area (Å²) in [5.74, 6) is 0.831. The largest absolute Gasteiger partial charge is 0.495 e. The fraction of sp³-hybridized carbons (Fsp3) is 0.556. The Labute approximate surface area is 139 Å². The number of hydrogen-bond donors (Lipinski definition) is 0. The highest BCUT2D eigenvalue weighted by molar-refractivity contribution is 7.90. The molecule has 0 radical (unpaired) electrons. The molecule has 4 nitrogen and oxygen atoms in total. The highest BCUT2D eigenvalue weighted by Gasteiger charge is 2.36. The first-order chi connectivity index (χ1) is 10.4. The molecular formula is C18H26O4S. The molecule has 1 aliphatic heterocycles. The van der Waals surface area contributed by atoms with E-state index < -0.39 is 15.4 Å². The van der Waals surface area contributed by atoms with Crippen LogP contribution in [0, 0.1) is 5.41 Å². The summed E-state index contributed by atoms with van der Waals surface area (Å²) < 4.78 is 35.1. The smallest absolute Gasteiger partial charge is 0.175 e. The first kappa shape index (κ1) is 18.0. The van der Waals surface area contributed by atoms with Gasteiger partial charge in [-0.05, 0) is 37.0 Å². The van der Waals surface area contributed by atoms with Gasteiger partial charge in [0.15, 0.2) is 9.84 Å². The van der Waals surface area contributed by atoms with E-state index in [4.69, 9.17) is 9.47 Å². The molecule has 1 aliphatic rings. The van der Waals surface area contributed by atoms with Crippen LogP contribution in [-0.4, -0.2) is 33.5 Å². The quantitative estimate of drug-likeness (QED) is 0.840. The molecule has 5 heteroatoms. The van der Waals surface area contributed by atoms with Crippen molar-refractivity contribution in [2.75, 3.05) is 19.5 Å². The molecular weight excluding hydrogens is 312 g/mol. The Hall–Kier alpha value is -1.33. The lowest BCUT2D eigenvalue weighted by Gasteiger charge is -2.23. The lowest BCUT2D eigenvalue weighted by molar-refractivity contribution is 0.0380. The van der Waals surface area contributed by atoms with Gasteiger partial charge in [0.1, 0.15) is 12.4 Å². The third kappa shape index (κ3) is 4.36. The number of benzene rings is 1. The molecule has 0 atom stereocenters. The Morgan fingerprint density at radius 2 is 1.74 bits per heavy atom. The van der Waals surface area contributed by atoms with Gasteiger partial charge >= 0.3 is 0 Å². The van der Waals surface area contributed by atoms with E-state index in [0.29, 0.717) is 18.1 Å². The maximum atomic E-state index is 11.6.